The molecule has 0 aliphatic rings. The summed E-state index contributed by atoms with van der Waals surface area (Å²) in [5.41, 5.74) is 4.16. The highest BCUT2D eigenvalue weighted by atomic mass is 16.5. The molecule has 0 fully saturated rings. The number of aromatic nitrogens is 4. The Bertz CT molecular complexity index is 1280. The zero-order valence-electron chi connectivity index (χ0n) is 18.8. The number of aryl methyl sites for hydroxylation is 2. The summed E-state index contributed by atoms with van der Waals surface area (Å²) in [7, 11) is 1.60. The number of carbonyl (C=O) groups is 1. The topological polar surface area (TPSA) is 103 Å². The fourth-order valence-electron chi connectivity index (χ4n) is 3.16. The third-order valence-electron chi connectivity index (χ3n) is 5.14. The van der Waals surface area contributed by atoms with Crippen LogP contribution in [0.15, 0.2) is 61.2 Å². The van der Waals surface area contributed by atoms with E-state index in [0.29, 0.717) is 28.8 Å². The van der Waals surface area contributed by atoms with Gasteiger partial charge in [-0.3, -0.25) is 4.57 Å². The van der Waals surface area contributed by atoms with Crippen LogP contribution in [0.3, 0.4) is 0 Å². The molecule has 9 heteroatoms. The van der Waals surface area contributed by atoms with E-state index in [1.165, 1.54) is 6.33 Å². The molecule has 0 spiro atoms. The van der Waals surface area contributed by atoms with Crippen LogP contribution in [0.4, 0.5) is 16.2 Å². The van der Waals surface area contributed by atoms with Crippen LogP contribution >= 0.6 is 0 Å². The van der Waals surface area contributed by atoms with Crippen molar-refractivity contribution in [2.45, 2.75) is 20.8 Å². The molecule has 0 unspecified atom stereocenters. The molecule has 4 rings (SSSR count). The molecule has 0 atom stereocenters. The number of nitrogens with one attached hydrogen (secondary N) is 2. The number of ether oxygens (including phenoxy) is 2. The number of methoxy groups -OCH3 is 1. The van der Waals surface area contributed by atoms with Gasteiger partial charge in [0.15, 0.2) is 0 Å². The first-order valence-electron chi connectivity index (χ1n) is 10.3. The zero-order chi connectivity index (χ0) is 23.4. The minimum atomic E-state index is -0.344. The summed E-state index contributed by atoms with van der Waals surface area (Å²) >= 11 is 0. The third kappa shape index (κ3) is 5.09. The second kappa shape index (κ2) is 9.39. The molecule has 0 aliphatic carbocycles. The number of rotatable bonds is 6. The van der Waals surface area contributed by atoms with Gasteiger partial charge in [-0.15, -0.1) is 0 Å². The highest BCUT2D eigenvalue weighted by molar-refractivity contribution is 6.00. The molecular weight excluding hydrogens is 420 g/mol. The lowest BCUT2D eigenvalue weighted by molar-refractivity contribution is 0.262. The van der Waals surface area contributed by atoms with Gasteiger partial charge in [0.2, 0.25) is 5.88 Å². The van der Waals surface area contributed by atoms with Crippen LogP contribution in [0, 0.1) is 20.8 Å². The van der Waals surface area contributed by atoms with Crippen LogP contribution in [-0.2, 0) is 0 Å². The van der Waals surface area contributed by atoms with Crippen LogP contribution in [0.1, 0.15) is 17.0 Å². The number of imidazole rings is 1. The Balaban J connectivity index is 1.39. The largest absolute Gasteiger partial charge is 0.497 e. The first-order chi connectivity index (χ1) is 15.9. The van der Waals surface area contributed by atoms with Gasteiger partial charge in [0, 0.05) is 23.1 Å². The predicted molar refractivity (Wildman–Crippen MR) is 126 cm³/mol. The summed E-state index contributed by atoms with van der Waals surface area (Å²) in [6.07, 6.45) is 3.16. The molecule has 0 saturated carbocycles. The molecule has 2 aromatic heterocycles. The van der Waals surface area contributed by atoms with Gasteiger partial charge in [0.05, 0.1) is 12.8 Å². The monoisotopic (exact) mass is 444 g/mol. The molecule has 2 aromatic carbocycles. The molecule has 0 saturated heterocycles. The van der Waals surface area contributed by atoms with E-state index in [9.17, 15) is 4.79 Å². The molecule has 2 amide bonds. The number of urea groups is 1. The van der Waals surface area contributed by atoms with Crippen molar-refractivity contribution in [1.82, 2.24) is 19.5 Å². The zero-order valence-corrected chi connectivity index (χ0v) is 18.8. The van der Waals surface area contributed by atoms with Crippen molar-refractivity contribution in [3.05, 3.63) is 78.1 Å². The van der Waals surface area contributed by atoms with Crippen molar-refractivity contribution >= 4 is 17.4 Å². The van der Waals surface area contributed by atoms with Crippen molar-refractivity contribution in [2.24, 2.45) is 0 Å². The van der Waals surface area contributed by atoms with E-state index in [0.717, 1.165) is 22.7 Å². The van der Waals surface area contributed by atoms with Gasteiger partial charge < -0.3 is 20.1 Å². The van der Waals surface area contributed by atoms with Gasteiger partial charge in [-0.25, -0.2) is 19.7 Å². The Kier molecular flexibility index (Phi) is 6.21. The van der Waals surface area contributed by atoms with Gasteiger partial charge in [-0.2, -0.15) is 0 Å². The number of nitrogens with zero attached hydrogens (tertiary/aromatic N) is 4. The number of amides is 2. The summed E-state index contributed by atoms with van der Waals surface area (Å²) in [6, 6.07) is 13.9. The average Bonchev–Trinajstić information content (AvgIpc) is 3.15. The molecule has 4 aromatic rings. The Morgan fingerprint density at radius 3 is 2.33 bits per heavy atom. The second-order valence-corrected chi connectivity index (χ2v) is 7.39. The molecule has 0 radical (unpaired) electrons. The van der Waals surface area contributed by atoms with Gasteiger partial charge in [0.1, 0.15) is 30.0 Å². The van der Waals surface area contributed by atoms with Gasteiger partial charge in [-0.1, -0.05) is 0 Å². The lowest BCUT2D eigenvalue weighted by atomic mass is 10.2. The molecule has 0 bridgehead atoms. The minimum Gasteiger partial charge on any atom is -0.497 e. The van der Waals surface area contributed by atoms with E-state index in [1.807, 2.05) is 31.4 Å². The number of hydrogen-bond acceptors (Lipinski definition) is 6. The van der Waals surface area contributed by atoms with Crippen molar-refractivity contribution in [3.63, 3.8) is 0 Å². The lowest BCUT2D eigenvalue weighted by Gasteiger charge is -2.12. The first kappa shape index (κ1) is 21.8. The van der Waals surface area contributed by atoms with Crippen molar-refractivity contribution in [1.29, 1.82) is 0 Å². The predicted octanol–water partition coefficient (Wildman–Crippen LogP) is 5.03. The highest BCUT2D eigenvalue weighted by Gasteiger charge is 2.09. The van der Waals surface area contributed by atoms with E-state index < -0.39 is 0 Å². The second-order valence-electron chi connectivity index (χ2n) is 7.39. The summed E-state index contributed by atoms with van der Waals surface area (Å²) in [5.74, 6) is 2.39. The molecule has 9 nitrogen and oxygen atoms in total. The molecule has 0 aliphatic heterocycles. The van der Waals surface area contributed by atoms with Crippen molar-refractivity contribution < 1.29 is 14.3 Å². The Morgan fingerprint density at radius 1 is 0.909 bits per heavy atom. The van der Waals surface area contributed by atoms with Crippen LogP contribution in [0.25, 0.3) is 5.82 Å². The third-order valence-corrected chi connectivity index (χ3v) is 5.14. The highest BCUT2D eigenvalue weighted by Crippen LogP contribution is 2.24. The maximum atomic E-state index is 12.4. The number of benzene rings is 2. The standard InChI is InChI=1S/C24H24N6O3/c1-15-11-20(32-4)9-10-21(15)29-24(31)28-18-5-7-19(8-6-18)33-23-12-22(25-13-26-23)30-14-27-16(2)17(30)3/h5-14H,1-4H3,(H2,28,29,31). The minimum absolute atomic E-state index is 0.344. The van der Waals surface area contributed by atoms with Gasteiger partial charge in [-0.05, 0) is 68.8 Å². The van der Waals surface area contributed by atoms with Crippen molar-refractivity contribution in [2.75, 3.05) is 17.7 Å². The van der Waals surface area contributed by atoms with E-state index in [1.54, 1.807) is 55.9 Å². The van der Waals surface area contributed by atoms with Gasteiger partial charge >= 0.3 is 6.03 Å². The molecule has 2 N–H and O–H groups in total. The maximum Gasteiger partial charge on any atom is 0.323 e. The Hall–Kier alpha value is -4.40. The van der Waals surface area contributed by atoms with Crippen LogP contribution in [0.5, 0.6) is 17.4 Å². The smallest absolute Gasteiger partial charge is 0.323 e. The Labute approximate surface area is 191 Å². The lowest BCUT2D eigenvalue weighted by Crippen LogP contribution is -2.19. The number of hydrogen-bond donors (Lipinski definition) is 2. The van der Waals surface area contributed by atoms with Crippen LogP contribution in [0.2, 0.25) is 0 Å². The maximum absolute atomic E-state index is 12.4. The van der Waals surface area contributed by atoms with Crippen LogP contribution in [-0.4, -0.2) is 32.7 Å². The van der Waals surface area contributed by atoms with E-state index >= 15 is 0 Å². The molecule has 168 valence electrons. The Morgan fingerprint density at radius 2 is 1.67 bits per heavy atom. The number of anilines is 2. The molecule has 33 heavy (non-hydrogen) atoms. The fraction of sp³-hybridized carbons (Fsp3) is 0.167. The molecular formula is C24H24N6O3. The van der Waals surface area contributed by atoms with E-state index in [-0.39, 0.29) is 6.03 Å². The number of carbonyl (C=O) groups excluding carboxylic acids is 1. The first-order valence-corrected chi connectivity index (χ1v) is 10.3. The molecule has 2 heterocycles. The average molecular weight is 444 g/mol. The summed E-state index contributed by atoms with van der Waals surface area (Å²) < 4.78 is 12.9. The summed E-state index contributed by atoms with van der Waals surface area (Å²) in [6.45, 7) is 5.82. The van der Waals surface area contributed by atoms with Gasteiger partial charge in [0.25, 0.3) is 0 Å². The summed E-state index contributed by atoms with van der Waals surface area (Å²) in [4.78, 5) is 25.1. The van der Waals surface area contributed by atoms with E-state index in [4.69, 9.17) is 9.47 Å². The fourth-order valence-corrected chi connectivity index (χ4v) is 3.16. The summed E-state index contributed by atoms with van der Waals surface area (Å²) in [5, 5.41) is 5.63. The van der Waals surface area contributed by atoms with Crippen molar-refractivity contribution in [3.8, 4) is 23.2 Å². The normalized spacial score (nSPS) is 10.5. The van der Waals surface area contributed by atoms with E-state index in [2.05, 4.69) is 25.6 Å². The quantitative estimate of drug-likeness (QED) is 0.432. The van der Waals surface area contributed by atoms with Crippen LogP contribution < -0.4 is 20.1 Å². The SMILES string of the molecule is COc1ccc(NC(=O)Nc2ccc(Oc3cc(-n4cnc(C)c4C)ncn3)cc2)c(C)c1.